The average Bonchev–Trinajstić information content (AvgIpc) is 3.13. The summed E-state index contributed by atoms with van der Waals surface area (Å²) in [6.07, 6.45) is 0.0200. The van der Waals surface area contributed by atoms with Crippen molar-refractivity contribution in [2.45, 2.75) is 38.4 Å². The Morgan fingerprint density at radius 1 is 1.28 bits per heavy atom. The molecule has 0 radical (unpaired) electrons. The van der Waals surface area contributed by atoms with Crippen LogP contribution in [0.25, 0.3) is 10.4 Å². The van der Waals surface area contributed by atoms with Crippen LogP contribution in [-0.4, -0.2) is 39.9 Å². The molecule has 1 saturated heterocycles. The van der Waals surface area contributed by atoms with E-state index in [0.29, 0.717) is 18.5 Å². The molecule has 2 heterocycles. The summed E-state index contributed by atoms with van der Waals surface area (Å²) in [5.41, 5.74) is -0.280. The molecule has 5 nitrogen and oxygen atoms in total. The molecule has 0 bridgehead atoms. The van der Waals surface area contributed by atoms with Crippen molar-refractivity contribution in [1.29, 1.82) is 0 Å². The Hall–Kier alpha value is -2.05. The first kappa shape index (κ1) is 17.8. The molecule has 25 heavy (non-hydrogen) atoms. The number of benzene rings is 1. The first-order valence-corrected chi connectivity index (χ1v) is 9.14. The van der Waals surface area contributed by atoms with Crippen LogP contribution in [-0.2, 0) is 10.3 Å². The number of aromatic hydroxyl groups is 1. The van der Waals surface area contributed by atoms with Crippen LogP contribution >= 0.6 is 11.3 Å². The molecule has 1 amide bonds. The smallest absolute Gasteiger partial charge is 0.410 e. The molecule has 1 atom stereocenters. The molecule has 1 aromatic carbocycles. The molecule has 2 aromatic rings. The van der Waals surface area contributed by atoms with Crippen LogP contribution in [0.3, 0.4) is 0 Å². The van der Waals surface area contributed by atoms with E-state index >= 15 is 0 Å². The first-order valence-electron chi connectivity index (χ1n) is 8.26. The first-order chi connectivity index (χ1) is 11.7. The van der Waals surface area contributed by atoms with Crippen molar-refractivity contribution in [1.82, 2.24) is 4.90 Å². The van der Waals surface area contributed by atoms with E-state index in [9.17, 15) is 15.0 Å². The number of β-amino-alcohol motifs (C(OH)–C–C–N with tert-alkyl or cyclic N) is 1. The van der Waals surface area contributed by atoms with Crippen molar-refractivity contribution >= 4 is 17.4 Å². The van der Waals surface area contributed by atoms with E-state index < -0.39 is 17.3 Å². The number of phenolic OH excluding ortho intramolecular Hbond substituents is 1. The van der Waals surface area contributed by atoms with Crippen LogP contribution in [0.2, 0.25) is 0 Å². The zero-order chi connectivity index (χ0) is 18.2. The Kier molecular flexibility index (Phi) is 4.51. The second kappa shape index (κ2) is 6.35. The van der Waals surface area contributed by atoms with E-state index in [1.54, 1.807) is 12.1 Å². The van der Waals surface area contributed by atoms with Crippen molar-refractivity contribution < 1.29 is 19.7 Å². The van der Waals surface area contributed by atoms with Crippen LogP contribution < -0.4 is 0 Å². The number of aliphatic hydroxyl groups is 1. The standard InChI is InChI=1S/C19H23NO4S/c1-18(2,3)24-17(22)20-10-9-19(23,12-20)14-8-11-25-16(14)13-6-4-5-7-15(13)21/h4-8,11,21,23H,9-10,12H2,1-3H3/t19-/m1/s1. The number of hydrogen-bond donors (Lipinski definition) is 2. The number of hydrogen-bond acceptors (Lipinski definition) is 5. The second-order valence-electron chi connectivity index (χ2n) is 7.36. The number of rotatable bonds is 2. The number of ether oxygens (including phenoxy) is 1. The summed E-state index contributed by atoms with van der Waals surface area (Å²) in [5.74, 6) is 0.178. The van der Waals surface area contributed by atoms with Gasteiger partial charge in [-0.1, -0.05) is 12.1 Å². The quantitative estimate of drug-likeness (QED) is 0.850. The lowest BCUT2D eigenvalue weighted by Crippen LogP contribution is -2.38. The minimum absolute atomic E-state index is 0.178. The normalized spacial score (nSPS) is 20.7. The topological polar surface area (TPSA) is 70.0 Å². The lowest BCUT2D eigenvalue weighted by Gasteiger charge is -2.27. The Balaban J connectivity index is 1.85. The van der Waals surface area contributed by atoms with Crippen LogP contribution in [0.4, 0.5) is 4.79 Å². The molecule has 2 N–H and O–H groups in total. The lowest BCUT2D eigenvalue weighted by molar-refractivity contribution is 0.0142. The number of carbonyl (C=O) groups is 1. The van der Waals surface area contributed by atoms with Crippen LogP contribution in [0.15, 0.2) is 35.7 Å². The van der Waals surface area contributed by atoms with E-state index in [1.165, 1.54) is 16.2 Å². The second-order valence-corrected chi connectivity index (χ2v) is 8.28. The highest BCUT2D eigenvalue weighted by Crippen LogP contribution is 2.43. The van der Waals surface area contributed by atoms with Gasteiger partial charge in [-0.2, -0.15) is 0 Å². The van der Waals surface area contributed by atoms with E-state index in [2.05, 4.69) is 0 Å². The summed E-state index contributed by atoms with van der Waals surface area (Å²) in [7, 11) is 0. The van der Waals surface area contributed by atoms with Gasteiger partial charge < -0.3 is 19.8 Å². The minimum Gasteiger partial charge on any atom is -0.507 e. The van der Waals surface area contributed by atoms with Crippen LogP contribution in [0.5, 0.6) is 5.75 Å². The third-order valence-corrected chi connectivity index (χ3v) is 5.16. The fourth-order valence-corrected chi connectivity index (χ4v) is 4.07. The zero-order valence-corrected chi connectivity index (χ0v) is 15.5. The van der Waals surface area contributed by atoms with Crippen molar-refractivity contribution in [3.05, 3.63) is 41.3 Å². The summed E-state index contributed by atoms with van der Waals surface area (Å²) >= 11 is 1.47. The summed E-state index contributed by atoms with van der Waals surface area (Å²) in [6.45, 7) is 6.08. The van der Waals surface area contributed by atoms with Crippen molar-refractivity contribution in [2.24, 2.45) is 0 Å². The maximum absolute atomic E-state index is 12.3. The van der Waals surface area contributed by atoms with Gasteiger partial charge in [-0.3, -0.25) is 0 Å². The van der Waals surface area contributed by atoms with Crippen molar-refractivity contribution in [3.8, 4) is 16.2 Å². The monoisotopic (exact) mass is 361 g/mol. The number of para-hydroxylation sites is 1. The lowest BCUT2D eigenvalue weighted by atomic mass is 9.91. The summed E-state index contributed by atoms with van der Waals surface area (Å²) in [4.78, 5) is 14.6. The SMILES string of the molecule is CC(C)(C)OC(=O)N1CC[C@](O)(c2ccsc2-c2ccccc2O)C1. The third-order valence-electron chi connectivity index (χ3n) is 4.21. The Morgan fingerprint density at radius 3 is 2.68 bits per heavy atom. The van der Waals surface area contributed by atoms with Gasteiger partial charge in [0.15, 0.2) is 0 Å². The molecule has 1 aromatic heterocycles. The Labute approximate surface area is 151 Å². The van der Waals surface area contributed by atoms with Gasteiger partial charge in [0, 0.05) is 22.5 Å². The molecule has 1 aliphatic rings. The molecule has 1 aliphatic heterocycles. The van der Waals surface area contributed by atoms with Gasteiger partial charge in [0.2, 0.25) is 0 Å². The molecule has 0 unspecified atom stereocenters. The highest BCUT2D eigenvalue weighted by atomic mass is 32.1. The molecule has 0 saturated carbocycles. The molecule has 6 heteroatoms. The largest absolute Gasteiger partial charge is 0.507 e. The third kappa shape index (κ3) is 3.65. The highest BCUT2D eigenvalue weighted by Gasteiger charge is 2.42. The van der Waals surface area contributed by atoms with Gasteiger partial charge in [0.1, 0.15) is 17.0 Å². The number of thiophene rings is 1. The molecule has 3 rings (SSSR count). The number of carbonyl (C=O) groups excluding carboxylic acids is 1. The van der Waals surface area contributed by atoms with Gasteiger partial charge in [-0.05, 0) is 50.8 Å². The maximum Gasteiger partial charge on any atom is 0.410 e. The van der Waals surface area contributed by atoms with Gasteiger partial charge in [0.25, 0.3) is 0 Å². The molecule has 134 valence electrons. The highest BCUT2D eigenvalue weighted by molar-refractivity contribution is 7.13. The van der Waals surface area contributed by atoms with Crippen molar-refractivity contribution in [3.63, 3.8) is 0 Å². The predicted molar refractivity (Wildman–Crippen MR) is 97.7 cm³/mol. The van der Waals surface area contributed by atoms with Gasteiger partial charge >= 0.3 is 6.09 Å². The summed E-state index contributed by atoms with van der Waals surface area (Å²) < 4.78 is 5.40. The molecule has 1 fully saturated rings. The van der Waals surface area contributed by atoms with E-state index in [1.807, 2.05) is 44.4 Å². The average molecular weight is 361 g/mol. The van der Waals surface area contributed by atoms with Crippen molar-refractivity contribution in [2.75, 3.05) is 13.1 Å². The molecular weight excluding hydrogens is 338 g/mol. The van der Waals surface area contributed by atoms with E-state index in [4.69, 9.17) is 4.74 Å². The Bertz CT molecular complexity index is 780. The number of phenols is 1. The fraction of sp³-hybridized carbons (Fsp3) is 0.421. The maximum atomic E-state index is 12.3. The van der Waals surface area contributed by atoms with Gasteiger partial charge in [-0.15, -0.1) is 11.3 Å². The summed E-state index contributed by atoms with van der Waals surface area (Å²) in [6, 6.07) is 8.94. The molecular formula is C19H23NO4S. The zero-order valence-electron chi connectivity index (χ0n) is 14.7. The number of amides is 1. The minimum atomic E-state index is -1.14. The van der Waals surface area contributed by atoms with Crippen LogP contribution in [0.1, 0.15) is 32.8 Å². The summed E-state index contributed by atoms with van der Waals surface area (Å²) in [5, 5.41) is 23.2. The molecule has 0 aliphatic carbocycles. The van der Waals surface area contributed by atoms with Crippen LogP contribution in [0, 0.1) is 0 Å². The molecule has 0 spiro atoms. The predicted octanol–water partition coefficient (Wildman–Crippen LogP) is 3.95. The van der Waals surface area contributed by atoms with Gasteiger partial charge in [0.05, 0.1) is 6.54 Å². The Morgan fingerprint density at radius 2 is 2.00 bits per heavy atom. The van der Waals surface area contributed by atoms with E-state index in [0.717, 1.165) is 10.4 Å². The number of likely N-dealkylation sites (tertiary alicyclic amines) is 1. The fourth-order valence-electron chi connectivity index (χ4n) is 3.05. The van der Waals surface area contributed by atoms with Gasteiger partial charge in [-0.25, -0.2) is 4.79 Å². The number of nitrogens with zero attached hydrogens (tertiary/aromatic N) is 1. The van der Waals surface area contributed by atoms with E-state index in [-0.39, 0.29) is 12.3 Å².